The van der Waals surface area contributed by atoms with Crippen LogP contribution in [0.4, 0.5) is 0 Å². The predicted molar refractivity (Wildman–Crippen MR) is 131 cm³/mol. The average molecular weight is 447 g/mol. The molecular weight excluding hydrogens is 424 g/mol. The highest BCUT2D eigenvalue weighted by atomic mass is 32.2. The Bertz CT molecular complexity index is 1200. The molecule has 7 heteroatoms. The summed E-state index contributed by atoms with van der Waals surface area (Å²) in [5, 5.41) is 11.6. The lowest BCUT2D eigenvalue weighted by Crippen LogP contribution is -2.26. The summed E-state index contributed by atoms with van der Waals surface area (Å²) in [7, 11) is 0. The van der Waals surface area contributed by atoms with Crippen LogP contribution in [0.5, 0.6) is 0 Å². The van der Waals surface area contributed by atoms with Gasteiger partial charge in [-0.1, -0.05) is 30.0 Å². The van der Waals surface area contributed by atoms with Crippen LogP contribution in [-0.2, 0) is 0 Å². The van der Waals surface area contributed by atoms with Crippen LogP contribution in [0.3, 0.4) is 0 Å². The van der Waals surface area contributed by atoms with Crippen molar-refractivity contribution >= 4 is 52.5 Å². The normalized spacial score (nSPS) is 11.3. The van der Waals surface area contributed by atoms with Crippen molar-refractivity contribution in [1.82, 2.24) is 20.5 Å². The van der Waals surface area contributed by atoms with E-state index in [1.165, 1.54) is 0 Å². The molecule has 4 aromatic rings. The molecule has 0 radical (unpaired) electrons. The first kappa shape index (κ1) is 21.2. The summed E-state index contributed by atoms with van der Waals surface area (Å²) in [6.07, 6.45) is 7.71. The highest BCUT2D eigenvalue weighted by Gasteiger charge is 2.12. The van der Waals surface area contributed by atoms with Gasteiger partial charge in [-0.2, -0.15) is 16.9 Å². The smallest absolute Gasteiger partial charge is 0.252 e. The van der Waals surface area contributed by atoms with E-state index in [0.29, 0.717) is 12.1 Å². The largest absolute Gasteiger partial charge is 0.351 e. The highest BCUT2D eigenvalue weighted by molar-refractivity contribution is 7.99. The monoisotopic (exact) mass is 446 g/mol. The molecule has 2 aromatic heterocycles. The molecule has 0 fully saturated rings. The van der Waals surface area contributed by atoms with Crippen LogP contribution < -0.4 is 5.32 Å². The zero-order valence-electron chi connectivity index (χ0n) is 17.0. The number of fused-ring (bicyclic) bond motifs is 1. The second kappa shape index (κ2) is 10.3. The first-order valence-corrected chi connectivity index (χ1v) is 12.1. The van der Waals surface area contributed by atoms with Crippen LogP contribution >= 0.6 is 23.5 Å². The third-order valence-corrected chi connectivity index (χ3v) is 6.29. The van der Waals surface area contributed by atoms with E-state index in [1.54, 1.807) is 29.7 Å². The number of H-pyrrole nitrogens is 1. The minimum atomic E-state index is -0.0401. The molecule has 2 heterocycles. The zero-order chi connectivity index (χ0) is 21.5. The number of aromatic amines is 1. The summed E-state index contributed by atoms with van der Waals surface area (Å²) in [5.41, 5.74) is 3.40. The Hall–Kier alpha value is -3.03. The van der Waals surface area contributed by atoms with Crippen molar-refractivity contribution < 1.29 is 4.79 Å². The summed E-state index contributed by atoms with van der Waals surface area (Å²) in [6, 6.07) is 19.7. The lowest BCUT2D eigenvalue weighted by Gasteiger charge is -2.09. The van der Waals surface area contributed by atoms with E-state index in [1.807, 2.05) is 60.9 Å². The Balaban J connectivity index is 1.53. The van der Waals surface area contributed by atoms with E-state index in [4.69, 9.17) is 0 Å². The van der Waals surface area contributed by atoms with Gasteiger partial charge in [0.15, 0.2) is 0 Å². The number of carbonyl (C=O) groups excluding carboxylic acids is 1. The van der Waals surface area contributed by atoms with Crippen LogP contribution in [-0.4, -0.2) is 39.6 Å². The van der Waals surface area contributed by atoms with Gasteiger partial charge in [-0.25, -0.2) is 0 Å². The summed E-state index contributed by atoms with van der Waals surface area (Å²) >= 11 is 3.29. The number of aromatic nitrogens is 3. The fourth-order valence-electron chi connectivity index (χ4n) is 3.08. The van der Waals surface area contributed by atoms with Gasteiger partial charge >= 0.3 is 0 Å². The third kappa shape index (κ3) is 5.37. The SMILES string of the molecule is CSCCNC(=O)c1ccccc1Sc1ccc2c(/C=C/c3ccccn3)n[nH]c2c1. The Morgan fingerprint density at radius 2 is 1.97 bits per heavy atom. The van der Waals surface area contributed by atoms with E-state index in [-0.39, 0.29) is 5.91 Å². The van der Waals surface area contributed by atoms with Gasteiger partial charge in [0.05, 0.1) is 22.5 Å². The van der Waals surface area contributed by atoms with Gasteiger partial charge in [-0.3, -0.25) is 14.9 Å². The van der Waals surface area contributed by atoms with Gasteiger partial charge in [0.2, 0.25) is 0 Å². The van der Waals surface area contributed by atoms with Crippen molar-refractivity contribution in [2.45, 2.75) is 9.79 Å². The quantitative estimate of drug-likeness (QED) is 0.356. The summed E-state index contributed by atoms with van der Waals surface area (Å²) in [5.74, 6) is 0.857. The van der Waals surface area contributed by atoms with Gasteiger partial charge in [-0.15, -0.1) is 0 Å². The zero-order valence-corrected chi connectivity index (χ0v) is 18.7. The molecule has 0 unspecified atom stereocenters. The number of nitrogens with one attached hydrogen (secondary N) is 2. The second-order valence-electron chi connectivity index (χ2n) is 6.75. The fraction of sp³-hybridized carbons (Fsp3) is 0.125. The summed E-state index contributed by atoms with van der Waals surface area (Å²) in [4.78, 5) is 18.8. The number of hydrogen-bond acceptors (Lipinski definition) is 5. The number of amides is 1. The minimum Gasteiger partial charge on any atom is -0.351 e. The number of hydrogen-bond donors (Lipinski definition) is 2. The molecule has 31 heavy (non-hydrogen) atoms. The van der Waals surface area contributed by atoms with Crippen molar-refractivity contribution in [3.63, 3.8) is 0 Å². The molecule has 0 saturated carbocycles. The maximum Gasteiger partial charge on any atom is 0.252 e. The van der Waals surface area contributed by atoms with E-state index in [9.17, 15) is 4.79 Å². The number of nitrogens with zero attached hydrogens (tertiary/aromatic N) is 2. The third-order valence-electron chi connectivity index (χ3n) is 4.61. The predicted octanol–water partition coefficient (Wildman–Crippen LogP) is 5.37. The lowest BCUT2D eigenvalue weighted by atomic mass is 10.2. The molecule has 0 aliphatic rings. The Morgan fingerprint density at radius 3 is 2.81 bits per heavy atom. The van der Waals surface area contributed by atoms with Crippen molar-refractivity contribution in [3.8, 4) is 0 Å². The minimum absolute atomic E-state index is 0.0401. The number of thioether (sulfide) groups is 1. The molecule has 4 rings (SSSR count). The van der Waals surface area contributed by atoms with Crippen LogP contribution in [0, 0.1) is 0 Å². The molecule has 156 valence electrons. The molecular formula is C24H22N4OS2. The molecule has 2 aromatic carbocycles. The number of rotatable bonds is 8. The molecule has 0 aliphatic heterocycles. The van der Waals surface area contributed by atoms with Gasteiger partial charge in [0.25, 0.3) is 5.91 Å². The summed E-state index contributed by atoms with van der Waals surface area (Å²) < 4.78 is 0. The van der Waals surface area contributed by atoms with E-state index in [2.05, 4.69) is 38.7 Å². The van der Waals surface area contributed by atoms with Crippen LogP contribution in [0.15, 0.2) is 76.7 Å². The Kier molecular flexibility index (Phi) is 7.07. The topological polar surface area (TPSA) is 70.7 Å². The molecule has 0 bridgehead atoms. The molecule has 2 N–H and O–H groups in total. The number of benzene rings is 2. The van der Waals surface area contributed by atoms with E-state index >= 15 is 0 Å². The van der Waals surface area contributed by atoms with Gasteiger partial charge in [0, 0.05) is 33.7 Å². The average Bonchev–Trinajstić information content (AvgIpc) is 3.21. The van der Waals surface area contributed by atoms with Gasteiger partial charge in [0.1, 0.15) is 0 Å². The van der Waals surface area contributed by atoms with Crippen molar-refractivity contribution in [2.75, 3.05) is 18.6 Å². The lowest BCUT2D eigenvalue weighted by molar-refractivity contribution is 0.0953. The fourth-order valence-corrected chi connectivity index (χ4v) is 4.37. The van der Waals surface area contributed by atoms with E-state index < -0.39 is 0 Å². The van der Waals surface area contributed by atoms with E-state index in [0.717, 1.165) is 37.8 Å². The number of pyridine rings is 1. The van der Waals surface area contributed by atoms with Crippen LogP contribution in [0.1, 0.15) is 21.7 Å². The van der Waals surface area contributed by atoms with Gasteiger partial charge < -0.3 is 5.32 Å². The molecule has 5 nitrogen and oxygen atoms in total. The Morgan fingerprint density at radius 1 is 1.10 bits per heavy atom. The molecule has 0 atom stereocenters. The van der Waals surface area contributed by atoms with Crippen molar-refractivity contribution in [1.29, 1.82) is 0 Å². The van der Waals surface area contributed by atoms with Crippen molar-refractivity contribution in [2.24, 2.45) is 0 Å². The molecule has 0 spiro atoms. The second-order valence-corrected chi connectivity index (χ2v) is 8.85. The maximum absolute atomic E-state index is 12.6. The van der Waals surface area contributed by atoms with Crippen molar-refractivity contribution in [3.05, 3.63) is 83.8 Å². The molecule has 1 amide bonds. The molecule has 0 saturated heterocycles. The number of carbonyl (C=O) groups is 1. The molecule has 0 aliphatic carbocycles. The van der Waals surface area contributed by atoms with Crippen LogP contribution in [0.2, 0.25) is 0 Å². The maximum atomic E-state index is 12.6. The first-order valence-electron chi connectivity index (χ1n) is 9.86. The highest BCUT2D eigenvalue weighted by Crippen LogP contribution is 2.32. The standard InChI is InChI=1S/C24H22N4OS2/c1-30-15-14-26-24(29)20-7-2-3-8-23(20)31-18-10-11-19-21(27-28-22(19)16-18)12-9-17-6-4-5-13-25-17/h2-13,16H,14-15H2,1H3,(H,26,29)(H,27,28)/b12-9+. The van der Waals surface area contributed by atoms with Gasteiger partial charge in [-0.05, 0) is 60.9 Å². The van der Waals surface area contributed by atoms with Crippen LogP contribution in [0.25, 0.3) is 23.1 Å². The Labute approximate surface area is 189 Å². The first-order chi connectivity index (χ1) is 15.2. The summed E-state index contributed by atoms with van der Waals surface area (Å²) in [6.45, 7) is 0.661.